The van der Waals surface area contributed by atoms with Crippen molar-refractivity contribution in [2.75, 3.05) is 14.1 Å². The van der Waals surface area contributed by atoms with Crippen molar-refractivity contribution in [3.05, 3.63) is 0 Å². The third kappa shape index (κ3) is 1.94. The fourth-order valence-electron chi connectivity index (χ4n) is 1.57. The average molecular weight is 145 g/mol. The van der Waals surface area contributed by atoms with Gasteiger partial charge in [0.15, 0.2) is 0 Å². The summed E-state index contributed by atoms with van der Waals surface area (Å²) >= 11 is 0. The summed E-state index contributed by atoms with van der Waals surface area (Å²) in [7, 11) is 4.06. The Bertz CT molecular complexity index is 103. The summed E-state index contributed by atoms with van der Waals surface area (Å²) < 4.78 is 12.8. The number of hydrogen-bond donors (Lipinski definition) is 0. The van der Waals surface area contributed by atoms with Crippen molar-refractivity contribution in [3.8, 4) is 0 Å². The van der Waals surface area contributed by atoms with Gasteiger partial charge in [-0.2, -0.15) is 0 Å². The molecule has 0 aromatic heterocycles. The molecule has 1 aliphatic carbocycles. The standard InChI is InChI=1S/C8H16FN/c1-10(2)8-5-3-4-7(9)6-8/h7-8H,3-6H2,1-2H3. The first-order valence-corrected chi connectivity index (χ1v) is 4.00. The van der Waals surface area contributed by atoms with Crippen molar-refractivity contribution in [1.82, 2.24) is 4.90 Å². The van der Waals surface area contributed by atoms with E-state index in [4.69, 9.17) is 0 Å². The molecule has 60 valence electrons. The van der Waals surface area contributed by atoms with Crippen molar-refractivity contribution in [2.45, 2.75) is 37.9 Å². The van der Waals surface area contributed by atoms with E-state index < -0.39 is 6.17 Å². The van der Waals surface area contributed by atoms with Crippen LogP contribution in [0.1, 0.15) is 25.7 Å². The zero-order valence-corrected chi connectivity index (χ0v) is 6.81. The van der Waals surface area contributed by atoms with E-state index in [0.717, 1.165) is 19.3 Å². The van der Waals surface area contributed by atoms with Crippen LogP contribution in [0.4, 0.5) is 4.39 Å². The van der Waals surface area contributed by atoms with Crippen LogP contribution in [0.3, 0.4) is 0 Å². The summed E-state index contributed by atoms with van der Waals surface area (Å²) in [4.78, 5) is 2.13. The van der Waals surface area contributed by atoms with E-state index in [0.29, 0.717) is 6.04 Å². The quantitative estimate of drug-likeness (QED) is 0.544. The number of alkyl halides is 1. The molecule has 10 heavy (non-hydrogen) atoms. The molecule has 0 radical (unpaired) electrons. The number of hydrogen-bond acceptors (Lipinski definition) is 1. The molecule has 0 spiro atoms. The molecule has 2 atom stereocenters. The van der Waals surface area contributed by atoms with Crippen LogP contribution in [0.2, 0.25) is 0 Å². The monoisotopic (exact) mass is 145 g/mol. The predicted molar refractivity (Wildman–Crippen MR) is 40.8 cm³/mol. The lowest BCUT2D eigenvalue weighted by Gasteiger charge is -2.29. The SMILES string of the molecule is CN(C)C1CCCC(F)C1. The number of halogens is 1. The molecule has 0 N–H and O–H groups in total. The molecule has 0 heterocycles. The summed E-state index contributed by atoms with van der Waals surface area (Å²) in [5.41, 5.74) is 0. The van der Waals surface area contributed by atoms with E-state index in [1.807, 2.05) is 14.1 Å². The van der Waals surface area contributed by atoms with Crippen LogP contribution >= 0.6 is 0 Å². The Labute approximate surface area is 62.2 Å². The molecule has 0 aliphatic heterocycles. The van der Waals surface area contributed by atoms with Gasteiger partial charge >= 0.3 is 0 Å². The second kappa shape index (κ2) is 3.33. The van der Waals surface area contributed by atoms with Crippen molar-refractivity contribution >= 4 is 0 Å². The normalized spacial score (nSPS) is 34.8. The van der Waals surface area contributed by atoms with Crippen LogP contribution in [0, 0.1) is 0 Å². The van der Waals surface area contributed by atoms with Gasteiger partial charge in [-0.05, 0) is 39.8 Å². The molecule has 1 aliphatic rings. The first-order chi connectivity index (χ1) is 4.70. The minimum Gasteiger partial charge on any atom is -0.306 e. The van der Waals surface area contributed by atoms with E-state index in [1.165, 1.54) is 6.42 Å². The molecule has 1 rings (SSSR count). The Morgan fingerprint density at radius 3 is 2.40 bits per heavy atom. The van der Waals surface area contributed by atoms with Crippen LogP contribution in [0.5, 0.6) is 0 Å². The number of nitrogens with zero attached hydrogens (tertiary/aromatic N) is 1. The third-order valence-corrected chi connectivity index (χ3v) is 2.31. The molecule has 0 aromatic rings. The van der Waals surface area contributed by atoms with Gasteiger partial charge in [0.05, 0.1) is 0 Å². The zero-order chi connectivity index (χ0) is 7.56. The van der Waals surface area contributed by atoms with Gasteiger partial charge in [-0.3, -0.25) is 0 Å². The van der Waals surface area contributed by atoms with Crippen LogP contribution in [-0.4, -0.2) is 31.2 Å². The Kier molecular flexibility index (Phi) is 2.66. The lowest BCUT2D eigenvalue weighted by Crippen LogP contribution is -2.33. The van der Waals surface area contributed by atoms with Crippen LogP contribution in [0.15, 0.2) is 0 Å². The Morgan fingerprint density at radius 2 is 2.00 bits per heavy atom. The van der Waals surface area contributed by atoms with Gasteiger partial charge in [0, 0.05) is 6.04 Å². The maximum Gasteiger partial charge on any atom is 0.102 e. The Hall–Kier alpha value is -0.110. The van der Waals surface area contributed by atoms with Gasteiger partial charge in [-0.1, -0.05) is 0 Å². The largest absolute Gasteiger partial charge is 0.306 e. The van der Waals surface area contributed by atoms with Crippen LogP contribution in [-0.2, 0) is 0 Å². The molecule has 0 aromatic carbocycles. The van der Waals surface area contributed by atoms with Crippen molar-refractivity contribution < 1.29 is 4.39 Å². The molecule has 1 fully saturated rings. The predicted octanol–water partition coefficient (Wildman–Crippen LogP) is 1.83. The molecule has 0 amide bonds. The summed E-state index contributed by atoms with van der Waals surface area (Å²) in [6.45, 7) is 0. The fraction of sp³-hybridized carbons (Fsp3) is 1.00. The first-order valence-electron chi connectivity index (χ1n) is 4.00. The highest BCUT2D eigenvalue weighted by Crippen LogP contribution is 2.23. The maximum atomic E-state index is 12.8. The molecule has 1 saturated carbocycles. The van der Waals surface area contributed by atoms with Gasteiger partial charge < -0.3 is 4.90 Å². The first kappa shape index (κ1) is 7.99. The smallest absolute Gasteiger partial charge is 0.102 e. The van der Waals surface area contributed by atoms with E-state index in [9.17, 15) is 4.39 Å². The fourth-order valence-corrected chi connectivity index (χ4v) is 1.57. The molecule has 0 bridgehead atoms. The lowest BCUT2D eigenvalue weighted by atomic mass is 9.93. The van der Waals surface area contributed by atoms with Crippen LogP contribution < -0.4 is 0 Å². The Morgan fingerprint density at radius 1 is 1.30 bits per heavy atom. The van der Waals surface area contributed by atoms with Gasteiger partial charge in [0.25, 0.3) is 0 Å². The van der Waals surface area contributed by atoms with Gasteiger partial charge in [0.1, 0.15) is 6.17 Å². The molecule has 2 heteroatoms. The molecule has 2 unspecified atom stereocenters. The van der Waals surface area contributed by atoms with Gasteiger partial charge in [-0.25, -0.2) is 4.39 Å². The van der Waals surface area contributed by atoms with E-state index >= 15 is 0 Å². The van der Waals surface area contributed by atoms with Crippen molar-refractivity contribution in [2.24, 2.45) is 0 Å². The summed E-state index contributed by atoms with van der Waals surface area (Å²) in [6.07, 6.45) is 3.22. The van der Waals surface area contributed by atoms with E-state index in [2.05, 4.69) is 4.90 Å². The number of rotatable bonds is 1. The van der Waals surface area contributed by atoms with Crippen molar-refractivity contribution in [3.63, 3.8) is 0 Å². The molecular weight excluding hydrogens is 129 g/mol. The molecular formula is C8H16FN. The van der Waals surface area contributed by atoms with E-state index in [-0.39, 0.29) is 0 Å². The molecule has 1 nitrogen and oxygen atoms in total. The second-order valence-corrected chi connectivity index (χ2v) is 3.38. The second-order valence-electron chi connectivity index (χ2n) is 3.38. The molecule has 0 saturated heterocycles. The van der Waals surface area contributed by atoms with E-state index in [1.54, 1.807) is 0 Å². The third-order valence-electron chi connectivity index (χ3n) is 2.31. The van der Waals surface area contributed by atoms with Crippen LogP contribution in [0.25, 0.3) is 0 Å². The highest BCUT2D eigenvalue weighted by atomic mass is 19.1. The Balaban J connectivity index is 2.32. The topological polar surface area (TPSA) is 3.24 Å². The maximum absolute atomic E-state index is 12.8. The van der Waals surface area contributed by atoms with Gasteiger partial charge in [0.2, 0.25) is 0 Å². The lowest BCUT2D eigenvalue weighted by molar-refractivity contribution is 0.151. The van der Waals surface area contributed by atoms with Crippen molar-refractivity contribution in [1.29, 1.82) is 0 Å². The summed E-state index contributed by atoms with van der Waals surface area (Å²) in [6, 6.07) is 0.490. The minimum atomic E-state index is -0.541. The average Bonchev–Trinajstić information content (AvgIpc) is 1.88. The summed E-state index contributed by atoms with van der Waals surface area (Å²) in [5, 5.41) is 0. The van der Waals surface area contributed by atoms with Gasteiger partial charge in [-0.15, -0.1) is 0 Å². The highest BCUT2D eigenvalue weighted by Gasteiger charge is 2.22. The zero-order valence-electron chi connectivity index (χ0n) is 6.81. The minimum absolute atomic E-state index is 0.490. The highest BCUT2D eigenvalue weighted by molar-refractivity contribution is 4.76. The summed E-state index contributed by atoms with van der Waals surface area (Å²) in [5.74, 6) is 0.